The number of ether oxygens (including phenoxy) is 2. The van der Waals surface area contributed by atoms with E-state index in [0.717, 1.165) is 6.08 Å². The van der Waals surface area contributed by atoms with Crippen LogP contribution in [0.15, 0.2) is 18.2 Å². The minimum Gasteiger partial charge on any atom is -0.502 e. The van der Waals surface area contributed by atoms with Crippen LogP contribution in [-0.4, -0.2) is 29.9 Å². The summed E-state index contributed by atoms with van der Waals surface area (Å²) >= 11 is 0. The van der Waals surface area contributed by atoms with E-state index >= 15 is 0 Å². The molecule has 0 aliphatic heterocycles. The number of rotatable bonds is 5. The third kappa shape index (κ3) is 3.42. The summed E-state index contributed by atoms with van der Waals surface area (Å²) in [6, 6.07) is 4.63. The molecule has 18 heavy (non-hydrogen) atoms. The monoisotopic (exact) mass is 249 g/mol. The molecule has 0 aliphatic carbocycles. The second-order valence-electron chi connectivity index (χ2n) is 3.19. The van der Waals surface area contributed by atoms with Crippen LogP contribution in [0, 0.1) is 11.3 Å². The smallest absolute Gasteiger partial charge is 0.328 e. The molecule has 0 aliphatic rings. The zero-order chi connectivity index (χ0) is 13.5. The van der Waals surface area contributed by atoms with Gasteiger partial charge in [0.1, 0.15) is 6.07 Å². The summed E-state index contributed by atoms with van der Waals surface area (Å²) in [7, 11) is 1.35. The van der Waals surface area contributed by atoms with Gasteiger partial charge in [0.05, 0.1) is 7.11 Å². The summed E-state index contributed by atoms with van der Waals surface area (Å²) in [4.78, 5) is 10.4. The van der Waals surface area contributed by atoms with Crippen molar-refractivity contribution >= 4 is 12.0 Å². The molecule has 0 amide bonds. The lowest BCUT2D eigenvalue weighted by atomic mass is 10.1. The predicted molar refractivity (Wildman–Crippen MR) is 62.4 cm³/mol. The van der Waals surface area contributed by atoms with Crippen LogP contribution in [0.2, 0.25) is 0 Å². The molecule has 1 rings (SSSR count). The van der Waals surface area contributed by atoms with Crippen LogP contribution < -0.4 is 9.47 Å². The van der Waals surface area contributed by atoms with Crippen molar-refractivity contribution in [2.45, 2.75) is 0 Å². The summed E-state index contributed by atoms with van der Waals surface area (Å²) in [6.07, 6.45) is 2.27. The lowest BCUT2D eigenvalue weighted by molar-refractivity contribution is -0.131. The highest BCUT2D eigenvalue weighted by Gasteiger charge is 2.11. The van der Waals surface area contributed by atoms with E-state index in [1.54, 1.807) is 6.07 Å². The molecule has 6 nitrogen and oxygen atoms in total. The van der Waals surface area contributed by atoms with E-state index < -0.39 is 5.97 Å². The fourth-order valence-corrected chi connectivity index (χ4v) is 1.24. The third-order valence-corrected chi connectivity index (χ3v) is 1.99. The number of hydrogen-bond donors (Lipinski definition) is 2. The summed E-state index contributed by atoms with van der Waals surface area (Å²) in [5, 5.41) is 26.7. The largest absolute Gasteiger partial charge is 0.502 e. The van der Waals surface area contributed by atoms with Crippen molar-refractivity contribution < 1.29 is 24.5 Å². The highest BCUT2D eigenvalue weighted by Crippen LogP contribution is 2.37. The maximum atomic E-state index is 10.4. The van der Waals surface area contributed by atoms with Crippen molar-refractivity contribution in [1.82, 2.24) is 0 Å². The molecule has 0 spiro atoms. The average molecular weight is 249 g/mol. The maximum Gasteiger partial charge on any atom is 0.328 e. The number of phenols is 1. The van der Waals surface area contributed by atoms with Crippen LogP contribution in [0.25, 0.3) is 6.08 Å². The first-order valence-electron chi connectivity index (χ1n) is 4.90. The van der Waals surface area contributed by atoms with Gasteiger partial charge in [0.2, 0.25) is 5.75 Å². The van der Waals surface area contributed by atoms with Gasteiger partial charge in [-0.15, -0.1) is 0 Å². The van der Waals surface area contributed by atoms with E-state index in [1.807, 2.05) is 0 Å². The first-order valence-corrected chi connectivity index (χ1v) is 4.90. The number of methoxy groups -OCH3 is 1. The Morgan fingerprint density at radius 2 is 2.17 bits per heavy atom. The van der Waals surface area contributed by atoms with Crippen molar-refractivity contribution in [2.75, 3.05) is 13.7 Å². The van der Waals surface area contributed by atoms with Crippen LogP contribution in [-0.2, 0) is 4.79 Å². The lowest BCUT2D eigenvalue weighted by Gasteiger charge is -2.10. The molecule has 2 N–H and O–H groups in total. The molecule has 1 aromatic carbocycles. The molecule has 0 heterocycles. The summed E-state index contributed by atoms with van der Waals surface area (Å²) in [5.74, 6) is -1.14. The van der Waals surface area contributed by atoms with Crippen molar-refractivity contribution in [3.05, 3.63) is 23.8 Å². The molecule has 0 atom stereocenters. The second kappa shape index (κ2) is 6.15. The minimum absolute atomic E-state index is 0.0564. The maximum absolute atomic E-state index is 10.4. The third-order valence-electron chi connectivity index (χ3n) is 1.99. The van der Waals surface area contributed by atoms with Crippen molar-refractivity contribution in [3.63, 3.8) is 0 Å². The molecule has 0 fully saturated rings. The molecule has 0 saturated carbocycles. The SMILES string of the molecule is COc1cc(/C=C/C(=O)O)cc(OCC#N)c1O. The molecule has 1 aromatic rings. The molecular weight excluding hydrogens is 238 g/mol. The van der Waals surface area contributed by atoms with Gasteiger partial charge in [0.25, 0.3) is 0 Å². The number of nitrogens with zero attached hydrogens (tertiary/aromatic N) is 1. The summed E-state index contributed by atoms with van der Waals surface area (Å²) < 4.78 is 9.92. The number of carboxylic acids is 1. The Bertz CT molecular complexity index is 516. The van der Waals surface area contributed by atoms with Crippen molar-refractivity contribution in [2.24, 2.45) is 0 Å². The highest BCUT2D eigenvalue weighted by molar-refractivity contribution is 5.85. The first-order chi connectivity index (χ1) is 8.58. The van der Waals surface area contributed by atoms with Gasteiger partial charge in [-0.1, -0.05) is 0 Å². The fraction of sp³-hybridized carbons (Fsp3) is 0.167. The quantitative estimate of drug-likeness (QED) is 0.765. The number of carboxylic acid groups (broad SMARTS) is 1. The van der Waals surface area contributed by atoms with Crippen molar-refractivity contribution in [1.29, 1.82) is 5.26 Å². The number of phenolic OH excluding ortho intramolecular Hbond substituents is 1. The number of nitriles is 1. The molecular formula is C12H11NO5. The van der Waals surface area contributed by atoms with E-state index in [-0.39, 0.29) is 23.9 Å². The van der Waals surface area contributed by atoms with Gasteiger partial charge in [-0.2, -0.15) is 5.26 Å². The Balaban J connectivity index is 3.13. The standard InChI is InChI=1S/C12H11NO5/c1-17-9-6-8(2-3-11(14)15)7-10(12(9)16)18-5-4-13/h2-3,6-7,16H,5H2,1H3,(H,14,15)/b3-2+. The van der Waals surface area contributed by atoms with E-state index in [9.17, 15) is 9.90 Å². The molecule has 0 bridgehead atoms. The molecule has 6 heteroatoms. The number of aliphatic carboxylic acids is 1. The van der Waals surface area contributed by atoms with Crippen molar-refractivity contribution in [3.8, 4) is 23.3 Å². The topological polar surface area (TPSA) is 99.8 Å². The molecule has 0 saturated heterocycles. The Morgan fingerprint density at radius 3 is 2.72 bits per heavy atom. The van der Waals surface area contributed by atoms with E-state index in [4.69, 9.17) is 19.8 Å². The zero-order valence-electron chi connectivity index (χ0n) is 9.58. The number of aromatic hydroxyl groups is 1. The van der Waals surface area contributed by atoms with Gasteiger partial charge in [-0.25, -0.2) is 4.79 Å². The van der Waals surface area contributed by atoms with Gasteiger partial charge in [0, 0.05) is 6.08 Å². The molecule has 0 radical (unpaired) electrons. The van der Waals surface area contributed by atoms with E-state index in [2.05, 4.69) is 0 Å². The molecule has 0 aromatic heterocycles. The zero-order valence-corrected chi connectivity index (χ0v) is 9.58. The Hall–Kier alpha value is -2.68. The normalized spacial score (nSPS) is 10.0. The first kappa shape index (κ1) is 13.4. The van der Waals surface area contributed by atoms with Crippen LogP contribution in [0.3, 0.4) is 0 Å². The van der Waals surface area contributed by atoms with Gasteiger partial charge >= 0.3 is 5.97 Å². The fourth-order valence-electron chi connectivity index (χ4n) is 1.24. The van der Waals surface area contributed by atoms with Crippen LogP contribution in [0.1, 0.15) is 5.56 Å². The van der Waals surface area contributed by atoms with Gasteiger partial charge in [-0.3, -0.25) is 0 Å². The predicted octanol–water partition coefficient (Wildman–Crippen LogP) is 1.40. The Kier molecular flexibility index (Phi) is 4.58. The second-order valence-corrected chi connectivity index (χ2v) is 3.19. The Labute approximate surface area is 103 Å². The van der Waals surface area contributed by atoms with Crippen LogP contribution in [0.5, 0.6) is 17.2 Å². The minimum atomic E-state index is -1.10. The number of carbonyl (C=O) groups is 1. The number of benzene rings is 1. The lowest BCUT2D eigenvalue weighted by Crippen LogP contribution is -1.96. The Morgan fingerprint density at radius 1 is 1.50 bits per heavy atom. The average Bonchev–Trinajstić information content (AvgIpc) is 2.35. The van der Waals surface area contributed by atoms with Crippen LogP contribution in [0.4, 0.5) is 0 Å². The summed E-state index contributed by atoms with van der Waals surface area (Å²) in [5.41, 5.74) is 0.472. The molecule has 94 valence electrons. The highest BCUT2D eigenvalue weighted by atomic mass is 16.5. The van der Waals surface area contributed by atoms with E-state index in [1.165, 1.54) is 25.3 Å². The molecule has 0 unspecified atom stereocenters. The van der Waals surface area contributed by atoms with Gasteiger partial charge in [0.15, 0.2) is 18.1 Å². The van der Waals surface area contributed by atoms with Gasteiger partial charge < -0.3 is 19.7 Å². The van der Waals surface area contributed by atoms with Gasteiger partial charge in [-0.05, 0) is 23.8 Å². The van der Waals surface area contributed by atoms with E-state index in [0.29, 0.717) is 5.56 Å². The summed E-state index contributed by atoms with van der Waals surface area (Å²) in [6.45, 7) is -0.233. The number of hydrogen-bond acceptors (Lipinski definition) is 5. The van der Waals surface area contributed by atoms with Crippen LogP contribution >= 0.6 is 0 Å².